The molecule has 0 bridgehead atoms. The molecule has 11 heteroatoms. The van der Waals surface area contributed by atoms with Gasteiger partial charge in [0, 0.05) is 12.6 Å². The van der Waals surface area contributed by atoms with Crippen LogP contribution in [0.4, 0.5) is 4.79 Å². The molecule has 0 spiro atoms. The number of carboxylic acid groups (broad SMARTS) is 1. The highest BCUT2D eigenvalue weighted by atomic mass is 32.2. The third kappa shape index (κ3) is 15.3. The van der Waals surface area contributed by atoms with Crippen LogP contribution in [0.1, 0.15) is 58.3 Å². The van der Waals surface area contributed by atoms with Gasteiger partial charge in [-0.15, -0.1) is 0 Å². The van der Waals surface area contributed by atoms with Crippen molar-refractivity contribution in [1.29, 1.82) is 0 Å². The Morgan fingerprint density at radius 3 is 2.05 bits per heavy atom. The monoisotopic (exact) mass is 544 g/mol. The molecule has 0 saturated carbocycles. The maximum absolute atomic E-state index is 12.7. The smallest absolute Gasteiger partial charge is 0.331 e. The fraction of sp³-hybridized carbons (Fsp3) is 0.692. The van der Waals surface area contributed by atoms with Crippen LogP contribution >= 0.6 is 0 Å². The van der Waals surface area contributed by atoms with E-state index in [1.807, 2.05) is 45.4 Å². The molecule has 1 aromatic rings. The lowest BCUT2D eigenvalue weighted by atomic mass is 10.2. The number of likely N-dealkylation sites (N-methyl/N-ethyl adjacent to an activating group) is 1. The maximum Gasteiger partial charge on any atom is 0.331 e. The highest BCUT2D eigenvalue weighted by molar-refractivity contribution is 7.88. The largest absolute Gasteiger partial charge is 0.493 e. The number of quaternary nitrogens is 1. The first-order chi connectivity index (χ1) is 17.3. The van der Waals surface area contributed by atoms with Crippen molar-refractivity contribution in [3.05, 3.63) is 24.3 Å². The molecule has 2 N–H and O–H groups in total. The second-order valence-electron chi connectivity index (χ2n) is 10.3. The molecule has 0 aliphatic rings. The van der Waals surface area contributed by atoms with Crippen LogP contribution in [0.5, 0.6) is 11.5 Å². The van der Waals surface area contributed by atoms with Crippen molar-refractivity contribution in [1.82, 2.24) is 9.62 Å². The predicted octanol–water partition coefficient (Wildman–Crippen LogP) is 3.72. The Bertz CT molecular complexity index is 932. The molecule has 0 unspecified atom stereocenters. The summed E-state index contributed by atoms with van der Waals surface area (Å²) in [4.78, 5) is 23.9. The number of unbranched alkanes of at least 4 members (excludes halogenated alkanes) is 5. The number of aliphatic carboxylic acids is 1. The van der Waals surface area contributed by atoms with E-state index in [1.54, 1.807) is 0 Å². The van der Waals surface area contributed by atoms with Gasteiger partial charge >= 0.3 is 12.0 Å². The molecule has 2 amide bonds. The number of sulfonamides is 1. The minimum Gasteiger partial charge on any atom is -0.493 e. The lowest BCUT2D eigenvalue weighted by molar-refractivity contribution is -0.871. The lowest BCUT2D eigenvalue weighted by Gasteiger charge is -2.30. The molecule has 37 heavy (non-hydrogen) atoms. The van der Waals surface area contributed by atoms with Gasteiger partial charge in [0.25, 0.3) is 0 Å². The number of nitrogens with zero attached hydrogens (tertiary/aromatic N) is 2. The second-order valence-corrected chi connectivity index (χ2v) is 12.3. The molecule has 0 aliphatic heterocycles. The Labute approximate surface area is 222 Å². The summed E-state index contributed by atoms with van der Waals surface area (Å²) in [6.07, 6.45) is 7.07. The van der Waals surface area contributed by atoms with E-state index in [4.69, 9.17) is 9.47 Å². The molecule has 0 radical (unpaired) electrons. The van der Waals surface area contributed by atoms with Gasteiger partial charge in [-0.25, -0.2) is 17.5 Å². The van der Waals surface area contributed by atoms with Gasteiger partial charge in [-0.2, -0.15) is 0 Å². The molecule has 0 aliphatic carbocycles. The van der Waals surface area contributed by atoms with Crippen LogP contribution in [0.25, 0.3) is 0 Å². The molecule has 1 rings (SSSR count). The number of ether oxygens (including phenoxy) is 2. The zero-order valence-corrected chi connectivity index (χ0v) is 23.9. The van der Waals surface area contributed by atoms with Crippen molar-refractivity contribution in [3.63, 3.8) is 0 Å². The summed E-state index contributed by atoms with van der Waals surface area (Å²) in [6.45, 7) is 3.66. The average molecular weight is 545 g/mol. The van der Waals surface area contributed by atoms with Crippen LogP contribution in [0, 0.1) is 0 Å². The fourth-order valence-electron chi connectivity index (χ4n) is 3.79. The third-order valence-electron chi connectivity index (χ3n) is 5.49. The number of benzene rings is 1. The molecular weight excluding hydrogens is 498 g/mol. The fourth-order valence-corrected chi connectivity index (χ4v) is 4.61. The molecule has 10 nitrogen and oxygen atoms in total. The van der Waals surface area contributed by atoms with E-state index in [2.05, 4.69) is 12.2 Å². The average Bonchev–Trinajstić information content (AvgIpc) is 2.76. The van der Waals surface area contributed by atoms with Gasteiger partial charge in [-0.3, -0.25) is 4.79 Å². The van der Waals surface area contributed by atoms with Crippen molar-refractivity contribution in [3.8, 4) is 11.5 Å². The number of carbonyl (C=O) groups excluding carboxylic acids is 1. The number of hydrogen-bond acceptors (Lipinski definition) is 6. The highest BCUT2D eigenvalue weighted by Gasteiger charge is 2.28. The molecule has 0 heterocycles. The van der Waals surface area contributed by atoms with E-state index in [1.165, 1.54) is 12.8 Å². The van der Waals surface area contributed by atoms with Crippen LogP contribution in [0.2, 0.25) is 0 Å². The van der Waals surface area contributed by atoms with Crippen molar-refractivity contribution >= 4 is 22.0 Å². The molecule has 0 fully saturated rings. The maximum atomic E-state index is 12.7. The Morgan fingerprint density at radius 2 is 1.57 bits per heavy atom. The minimum absolute atomic E-state index is 0.0101. The summed E-state index contributed by atoms with van der Waals surface area (Å²) >= 11 is 0. The zero-order valence-electron chi connectivity index (χ0n) is 23.1. The summed E-state index contributed by atoms with van der Waals surface area (Å²) < 4.78 is 37.2. The molecule has 0 aromatic heterocycles. The van der Waals surface area contributed by atoms with Gasteiger partial charge < -0.3 is 24.4 Å². The number of nitrogens with one attached hydrogen (secondary N) is 1. The summed E-state index contributed by atoms with van der Waals surface area (Å²) in [6, 6.07) is 6.01. The number of carbonyl (C=O) groups is 2. The Morgan fingerprint density at radius 1 is 1.00 bits per heavy atom. The zero-order chi connectivity index (χ0) is 27.9. The van der Waals surface area contributed by atoms with Gasteiger partial charge in [0.1, 0.15) is 11.5 Å². The SMILES string of the molecule is CCCCCCOc1cccc(OCCCCCN(C(=O)N[C@H](CC(=O)O)C[N+](C)(C)C)S(C)(=O)=O)c1. The standard InChI is InChI=1S/C26H45N3O7S/c1-6-7-8-11-17-35-23-14-13-15-24(20-23)36-18-12-9-10-16-28(37(5,33)34)26(32)27-22(19-25(30)31)21-29(2,3)4/h13-15,20,22H,6-12,16-19,21H2,1-5H3,(H-,27,30,31,32)/p+1/t22-/m1/s1. The van der Waals surface area contributed by atoms with Gasteiger partial charge in [0.15, 0.2) is 0 Å². The van der Waals surface area contributed by atoms with Gasteiger partial charge in [0.05, 0.1) is 59.6 Å². The number of hydrogen-bond donors (Lipinski definition) is 2. The van der Waals surface area contributed by atoms with Crippen molar-refractivity contribution in [2.45, 2.75) is 64.3 Å². The highest BCUT2D eigenvalue weighted by Crippen LogP contribution is 2.20. The van der Waals surface area contributed by atoms with Gasteiger partial charge in [-0.05, 0) is 37.8 Å². The third-order valence-corrected chi connectivity index (χ3v) is 6.64. The summed E-state index contributed by atoms with van der Waals surface area (Å²) in [5.74, 6) is 0.425. The van der Waals surface area contributed by atoms with Gasteiger partial charge in [-0.1, -0.05) is 32.3 Å². The number of rotatable bonds is 19. The molecule has 0 saturated heterocycles. The molecular formula is C26H46N3O7S+. The van der Waals surface area contributed by atoms with E-state index >= 15 is 0 Å². The summed E-state index contributed by atoms with van der Waals surface area (Å²) in [7, 11) is 1.80. The molecule has 212 valence electrons. The van der Waals surface area contributed by atoms with E-state index < -0.39 is 28.1 Å². The molecule has 1 aromatic carbocycles. The van der Waals surface area contributed by atoms with E-state index in [-0.39, 0.29) is 13.0 Å². The number of carboxylic acids is 1. The van der Waals surface area contributed by atoms with E-state index in [9.17, 15) is 23.1 Å². The lowest BCUT2D eigenvalue weighted by Crippen LogP contribution is -2.53. The minimum atomic E-state index is -3.81. The topological polar surface area (TPSA) is 122 Å². The summed E-state index contributed by atoms with van der Waals surface area (Å²) in [5.41, 5.74) is 0. The molecule has 1 atom stereocenters. The van der Waals surface area contributed by atoms with E-state index in [0.717, 1.165) is 29.2 Å². The second kappa shape index (κ2) is 16.3. The Balaban J connectivity index is 2.49. The first kappa shape index (κ1) is 32.5. The van der Waals surface area contributed by atoms with Crippen LogP contribution in [0.15, 0.2) is 24.3 Å². The number of amides is 2. The van der Waals surface area contributed by atoms with Gasteiger partial charge in [0.2, 0.25) is 10.0 Å². The van der Waals surface area contributed by atoms with E-state index in [0.29, 0.717) is 49.3 Å². The van der Waals surface area contributed by atoms with Crippen LogP contribution < -0.4 is 14.8 Å². The first-order valence-electron chi connectivity index (χ1n) is 13.0. The Kier molecular flexibility index (Phi) is 14.4. The Hall–Kier alpha value is -2.53. The normalized spacial score (nSPS) is 12.6. The van der Waals surface area contributed by atoms with Crippen molar-refractivity contribution in [2.75, 3.05) is 53.7 Å². The van der Waals surface area contributed by atoms with Crippen LogP contribution in [-0.2, 0) is 14.8 Å². The summed E-state index contributed by atoms with van der Waals surface area (Å²) in [5, 5.41) is 11.8. The predicted molar refractivity (Wildman–Crippen MR) is 144 cm³/mol. The first-order valence-corrected chi connectivity index (χ1v) is 14.8. The van der Waals surface area contributed by atoms with Crippen molar-refractivity contribution in [2.24, 2.45) is 0 Å². The number of urea groups is 1. The van der Waals surface area contributed by atoms with Crippen LogP contribution in [-0.4, -0.2) is 94.1 Å². The van der Waals surface area contributed by atoms with Crippen LogP contribution in [0.3, 0.4) is 0 Å². The van der Waals surface area contributed by atoms with Crippen molar-refractivity contribution < 1.29 is 37.1 Å². The quantitative estimate of drug-likeness (QED) is 0.201.